The third-order valence-corrected chi connectivity index (χ3v) is 0. The number of rotatable bonds is 0. The van der Waals surface area contributed by atoms with Crippen LogP contribution in [0.2, 0.25) is 0 Å². The van der Waals surface area contributed by atoms with Gasteiger partial charge < -0.3 is 50.7 Å². The first-order chi connectivity index (χ1) is 5.20. The second-order valence-electron chi connectivity index (χ2n) is 0.866. The van der Waals surface area contributed by atoms with Crippen molar-refractivity contribution >= 4 is 59.7 Å². The van der Waals surface area contributed by atoms with Crippen molar-refractivity contribution < 1.29 is 158 Å². The van der Waals surface area contributed by atoms with Gasteiger partial charge in [0.05, 0.1) is 0 Å². The second kappa shape index (κ2) is 42.8. The fraction of sp³-hybridized carbons (Fsp3) is 0. The zero-order valence-electron chi connectivity index (χ0n) is 8.69. The first kappa shape index (κ1) is 49.6. The normalized spacial score (nSPS) is 4.76. The molecule has 17 heteroatoms. The molecule has 0 aromatic carbocycles. The van der Waals surface area contributed by atoms with Gasteiger partial charge >= 0.3 is 145 Å². The summed E-state index contributed by atoms with van der Waals surface area (Å²) in [6.07, 6.45) is 0. The van der Waals surface area contributed by atoms with E-state index >= 15 is 0 Å². The maximum Gasteiger partial charge on any atom is 3.00 e. The predicted molar refractivity (Wildman–Crippen MR) is 26.6 cm³/mol. The molecule has 0 fully saturated rings. The topological polar surface area (TPSA) is 239 Å². The van der Waals surface area contributed by atoms with Crippen LogP contribution in [0.5, 0.6) is 0 Å². The SMILES string of the molecule is O.[Ca+2].[Ce+3].[La+3].[Na+].[O-]B([O-])[O-].[O-]B([O-])[O-].[O-]B([O-])[O-]. The number of hydrogen-bond donors (Lipinski definition) is 0. The Balaban J connectivity index is -0.0000000104. The predicted octanol–water partition coefficient (Wildman–Crippen LogP) is -16.0. The van der Waals surface area contributed by atoms with Crippen LogP contribution < -0.4 is 74.8 Å². The number of hydrogen-bond acceptors (Lipinski definition) is 9. The molecule has 0 amide bonds. The smallest absolute Gasteiger partial charge is 0.907 e. The van der Waals surface area contributed by atoms with Gasteiger partial charge in [0.25, 0.3) is 0 Å². The molecule has 0 aliphatic carbocycles. The molecule has 10 nitrogen and oxygen atoms in total. The summed E-state index contributed by atoms with van der Waals surface area (Å²) in [7, 11) is -8.75. The summed E-state index contributed by atoms with van der Waals surface area (Å²) in [5.41, 5.74) is 0. The molecule has 0 aliphatic heterocycles. The van der Waals surface area contributed by atoms with E-state index in [2.05, 4.69) is 0 Å². The molecule has 1 radical (unpaired) electrons. The van der Waals surface area contributed by atoms with Gasteiger partial charge in [-0.1, -0.05) is 0 Å². The summed E-state index contributed by atoms with van der Waals surface area (Å²) in [5.74, 6) is 0. The maximum absolute atomic E-state index is 8.42. The standard InChI is InChI=1S/3BO3.Ca.Ce.La.Na.H2O/c3*2-1(3)4;;;;;/h;;;;;;;1H2/q3*-3;+2;2*+3;+1;. The average Bonchev–Trinajstić information content (AvgIpc) is 1.54. The van der Waals surface area contributed by atoms with E-state index in [0.717, 1.165) is 0 Å². The van der Waals surface area contributed by atoms with Crippen molar-refractivity contribution in [1.82, 2.24) is 0 Å². The minimum absolute atomic E-state index is 0. The summed E-state index contributed by atoms with van der Waals surface area (Å²) < 4.78 is 0. The monoisotopic (exact) mass is 537 g/mol. The van der Waals surface area contributed by atoms with Crippen LogP contribution in [-0.2, 0) is 0 Å². The Morgan fingerprint density at radius 2 is 0.529 bits per heavy atom. The van der Waals surface area contributed by atoms with Crippen molar-refractivity contribution in [3.63, 3.8) is 0 Å². The van der Waals surface area contributed by atoms with Gasteiger partial charge in [0, 0.05) is 0 Å². The molecule has 0 saturated heterocycles. The molecule has 0 saturated carbocycles. The molecular formula is H2B3CaCeLaNaO10. The van der Waals surface area contributed by atoms with Crippen molar-refractivity contribution in [2.75, 3.05) is 0 Å². The Morgan fingerprint density at radius 3 is 0.529 bits per heavy atom. The van der Waals surface area contributed by atoms with E-state index in [1.165, 1.54) is 0 Å². The van der Waals surface area contributed by atoms with Crippen LogP contribution >= 0.6 is 0 Å². The molecule has 0 unspecified atom stereocenters. The molecule has 0 aliphatic rings. The van der Waals surface area contributed by atoms with Gasteiger partial charge in [-0.25, -0.2) is 0 Å². The van der Waals surface area contributed by atoms with Crippen LogP contribution in [0.25, 0.3) is 0 Å². The average molecular weight is 537 g/mol. The first-order valence-corrected chi connectivity index (χ1v) is 2.12. The summed E-state index contributed by atoms with van der Waals surface area (Å²) in [5, 5.41) is 75.8. The van der Waals surface area contributed by atoms with Crippen LogP contribution in [0.3, 0.4) is 0 Å². The van der Waals surface area contributed by atoms with Crippen molar-refractivity contribution in [2.24, 2.45) is 0 Å². The van der Waals surface area contributed by atoms with Gasteiger partial charge in [-0.3, -0.25) is 22.0 Å². The Labute approximate surface area is 212 Å². The van der Waals surface area contributed by atoms with Crippen LogP contribution in [0, 0.1) is 77.3 Å². The molecule has 0 aromatic rings. The van der Waals surface area contributed by atoms with E-state index in [1.807, 2.05) is 0 Å². The fourth-order valence-electron chi connectivity index (χ4n) is 0. The summed E-state index contributed by atoms with van der Waals surface area (Å²) in [6, 6.07) is 0. The molecular weight excluding hydrogens is 535 g/mol. The van der Waals surface area contributed by atoms with E-state index in [9.17, 15) is 0 Å². The fourth-order valence-corrected chi connectivity index (χ4v) is 0. The molecule has 0 spiro atoms. The molecule has 0 atom stereocenters. The van der Waals surface area contributed by atoms with Gasteiger partial charge in [0.15, 0.2) is 0 Å². The zero-order chi connectivity index (χ0) is 10.7. The van der Waals surface area contributed by atoms with Crippen LogP contribution in [0.4, 0.5) is 0 Å². The summed E-state index contributed by atoms with van der Waals surface area (Å²) in [4.78, 5) is 0. The van der Waals surface area contributed by atoms with E-state index < -0.39 is 22.0 Å². The first-order valence-electron chi connectivity index (χ1n) is 2.12. The molecule has 0 rings (SSSR count). The van der Waals surface area contributed by atoms with Crippen LogP contribution in [0.15, 0.2) is 0 Å². The third-order valence-electron chi connectivity index (χ3n) is 0. The quantitative estimate of drug-likeness (QED) is 0.267. The largest absolute Gasteiger partial charge is 3.00 e. The van der Waals surface area contributed by atoms with Gasteiger partial charge in [-0.05, 0) is 0 Å². The van der Waals surface area contributed by atoms with Crippen LogP contribution in [-0.4, -0.2) is 65.2 Å². The molecule has 81 valence electrons. The summed E-state index contributed by atoms with van der Waals surface area (Å²) >= 11 is 0. The van der Waals surface area contributed by atoms with Gasteiger partial charge in [-0.2, -0.15) is 0 Å². The maximum atomic E-state index is 8.42. The molecule has 0 heterocycles. The van der Waals surface area contributed by atoms with Crippen molar-refractivity contribution in [2.45, 2.75) is 0 Å². The van der Waals surface area contributed by atoms with Gasteiger partial charge in [0.1, 0.15) is 0 Å². The molecule has 17 heavy (non-hydrogen) atoms. The molecule has 2 N–H and O–H groups in total. The third kappa shape index (κ3) is 334. The second-order valence-corrected chi connectivity index (χ2v) is 0.866. The van der Waals surface area contributed by atoms with Crippen molar-refractivity contribution in [3.05, 3.63) is 0 Å². The van der Waals surface area contributed by atoms with E-state index in [1.54, 1.807) is 0 Å². The van der Waals surface area contributed by atoms with Gasteiger partial charge in [-0.15, -0.1) is 0 Å². The van der Waals surface area contributed by atoms with E-state index in [4.69, 9.17) is 45.2 Å². The minimum atomic E-state index is -2.92. The Hall–Kier alpha value is 4.63. The molecule has 0 bridgehead atoms. The van der Waals surface area contributed by atoms with Crippen molar-refractivity contribution in [3.8, 4) is 0 Å². The minimum Gasteiger partial charge on any atom is -0.907 e. The van der Waals surface area contributed by atoms with Crippen molar-refractivity contribution in [1.29, 1.82) is 0 Å². The van der Waals surface area contributed by atoms with E-state index in [0.29, 0.717) is 0 Å². The Bertz CT molecular complexity index is 60.0. The van der Waals surface area contributed by atoms with Gasteiger partial charge in [0.2, 0.25) is 0 Å². The Morgan fingerprint density at radius 1 is 0.529 bits per heavy atom. The van der Waals surface area contributed by atoms with Crippen LogP contribution in [0.1, 0.15) is 0 Å². The zero-order valence-corrected chi connectivity index (χ0v) is 19.7. The Kier molecular flexibility index (Phi) is 125. The molecule has 0 aromatic heterocycles. The van der Waals surface area contributed by atoms with E-state index in [-0.39, 0.29) is 150 Å². The summed E-state index contributed by atoms with van der Waals surface area (Å²) in [6.45, 7) is 0.